The van der Waals surface area contributed by atoms with Crippen molar-refractivity contribution in [1.82, 2.24) is 29.9 Å². The van der Waals surface area contributed by atoms with E-state index in [1.54, 1.807) is 41.5 Å². The molecule has 0 radical (unpaired) electrons. The van der Waals surface area contributed by atoms with E-state index in [9.17, 15) is 0 Å². The molecule has 0 N–H and O–H groups in total. The average Bonchev–Trinajstić information content (AvgIpc) is 3.67. The number of thiophene rings is 2. The zero-order chi connectivity index (χ0) is 25.5. The number of fused-ring (bicyclic) bond motifs is 9. The van der Waals surface area contributed by atoms with Crippen LogP contribution in [0.25, 0.3) is 57.4 Å². The van der Waals surface area contributed by atoms with Crippen molar-refractivity contribution in [2.75, 3.05) is 0 Å². The van der Waals surface area contributed by atoms with Gasteiger partial charge in [-0.25, -0.2) is 24.9 Å². The maximum atomic E-state index is 6.44. The lowest BCUT2D eigenvalue weighted by Crippen LogP contribution is -2.22. The van der Waals surface area contributed by atoms with Gasteiger partial charge in [0, 0.05) is 63.2 Å². The molecular weight excluding hydrogens is 527 g/mol. The fraction of sp³-hybridized carbons (Fsp3) is 0.0690. The first-order chi connectivity index (χ1) is 19.3. The third-order valence-corrected chi connectivity index (χ3v) is 9.58. The predicted molar refractivity (Wildman–Crippen MR) is 154 cm³/mol. The normalized spacial score (nSPS) is 18.0. The summed E-state index contributed by atoms with van der Waals surface area (Å²) in [5.41, 5.74) is 5.75. The summed E-state index contributed by atoms with van der Waals surface area (Å²) in [6.07, 6.45) is 14.2. The molecule has 2 atom stereocenters. The molecule has 0 saturated carbocycles. The Bertz CT molecular complexity index is 2200. The highest BCUT2D eigenvalue weighted by Gasteiger charge is 2.39. The van der Waals surface area contributed by atoms with E-state index >= 15 is 0 Å². The topological polar surface area (TPSA) is 98.9 Å². The van der Waals surface area contributed by atoms with Gasteiger partial charge >= 0.3 is 0 Å². The van der Waals surface area contributed by atoms with Gasteiger partial charge in [0.15, 0.2) is 6.10 Å². The molecule has 7 aromatic rings. The van der Waals surface area contributed by atoms with Gasteiger partial charge in [-0.2, -0.15) is 0 Å². The number of dihydropyridines is 1. The first kappa shape index (κ1) is 21.3. The second kappa shape index (κ2) is 7.92. The van der Waals surface area contributed by atoms with Gasteiger partial charge < -0.3 is 4.74 Å². The Morgan fingerprint density at radius 3 is 2.77 bits per heavy atom. The van der Waals surface area contributed by atoms with Gasteiger partial charge in [0.05, 0.1) is 26.0 Å². The summed E-state index contributed by atoms with van der Waals surface area (Å²) in [6.45, 7) is 0. The number of allylic oxidation sites excluding steroid dienone is 1. The summed E-state index contributed by atoms with van der Waals surface area (Å²) < 4.78 is 9.83. The smallest absolute Gasteiger partial charge is 0.219 e. The minimum Gasteiger partial charge on any atom is -0.466 e. The summed E-state index contributed by atoms with van der Waals surface area (Å²) >= 11 is 3.32. The first-order valence-electron chi connectivity index (χ1n) is 12.3. The Kier molecular flexibility index (Phi) is 4.32. The largest absolute Gasteiger partial charge is 0.466 e. The van der Waals surface area contributed by atoms with Crippen molar-refractivity contribution in [3.05, 3.63) is 85.0 Å². The van der Waals surface area contributed by atoms with Crippen LogP contribution in [0.15, 0.2) is 78.8 Å². The molecule has 9 rings (SSSR count). The molecule has 2 unspecified atom stereocenters. The molecule has 0 spiro atoms. The highest BCUT2D eigenvalue weighted by molar-refractivity contribution is 7.26. The fourth-order valence-electron chi connectivity index (χ4n) is 5.56. The number of benzene rings is 1. The second-order valence-corrected chi connectivity index (χ2v) is 11.5. The molecule has 0 aliphatic carbocycles. The molecular formula is C29H15N7OS2. The van der Waals surface area contributed by atoms with Crippen LogP contribution < -0.4 is 4.74 Å². The van der Waals surface area contributed by atoms with Crippen molar-refractivity contribution in [3.8, 4) is 17.1 Å². The SMILES string of the molecule is C1=NC2c3cc(-c4ncnc5c4sc4ncncc45)cnc3OC2C(c2ccc3sc4cnccc4c3c2)=C1. The summed E-state index contributed by atoms with van der Waals surface area (Å²) in [4.78, 5) is 32.4. The van der Waals surface area contributed by atoms with Crippen molar-refractivity contribution in [2.24, 2.45) is 4.99 Å². The Balaban J connectivity index is 1.13. The summed E-state index contributed by atoms with van der Waals surface area (Å²) in [7, 11) is 0. The molecule has 6 aromatic heterocycles. The van der Waals surface area contributed by atoms with E-state index in [0.29, 0.717) is 5.88 Å². The highest BCUT2D eigenvalue weighted by Crippen LogP contribution is 2.47. The lowest BCUT2D eigenvalue weighted by atomic mass is 9.91. The van der Waals surface area contributed by atoms with Crippen molar-refractivity contribution in [2.45, 2.75) is 12.1 Å². The zero-order valence-electron chi connectivity index (χ0n) is 20.0. The van der Waals surface area contributed by atoms with Crippen molar-refractivity contribution < 1.29 is 4.74 Å². The number of rotatable bonds is 2. The number of hydrogen-bond acceptors (Lipinski definition) is 10. The molecule has 10 heteroatoms. The summed E-state index contributed by atoms with van der Waals surface area (Å²) in [5, 5.41) is 3.38. The van der Waals surface area contributed by atoms with E-state index in [4.69, 9.17) is 14.7 Å². The van der Waals surface area contributed by atoms with Gasteiger partial charge in [0.1, 0.15) is 23.5 Å². The third-order valence-electron chi connectivity index (χ3n) is 7.34. The average molecular weight is 542 g/mol. The predicted octanol–water partition coefficient (Wildman–Crippen LogP) is 6.43. The second-order valence-electron chi connectivity index (χ2n) is 9.45. The van der Waals surface area contributed by atoms with E-state index < -0.39 is 0 Å². The molecule has 39 heavy (non-hydrogen) atoms. The Hall–Kier alpha value is -4.67. The van der Waals surface area contributed by atoms with Crippen molar-refractivity contribution in [3.63, 3.8) is 0 Å². The molecule has 0 amide bonds. The number of hydrogen-bond donors (Lipinski definition) is 0. The molecule has 8 heterocycles. The van der Waals surface area contributed by atoms with Crippen LogP contribution in [0.3, 0.4) is 0 Å². The minimum absolute atomic E-state index is 0.183. The number of nitrogens with zero attached hydrogens (tertiary/aromatic N) is 7. The number of pyridine rings is 2. The quantitative estimate of drug-likeness (QED) is 0.249. The van der Waals surface area contributed by atoms with Crippen LogP contribution in [-0.2, 0) is 0 Å². The van der Waals surface area contributed by atoms with Crippen LogP contribution in [0.2, 0.25) is 0 Å². The van der Waals surface area contributed by atoms with Gasteiger partial charge in [-0.15, -0.1) is 22.7 Å². The van der Waals surface area contributed by atoms with Crippen LogP contribution in [0.4, 0.5) is 0 Å². The molecule has 2 aliphatic heterocycles. The van der Waals surface area contributed by atoms with E-state index in [-0.39, 0.29) is 12.1 Å². The zero-order valence-corrected chi connectivity index (χ0v) is 21.6. The van der Waals surface area contributed by atoms with E-state index in [2.05, 4.69) is 61.3 Å². The maximum Gasteiger partial charge on any atom is 0.219 e. The lowest BCUT2D eigenvalue weighted by molar-refractivity contribution is 0.258. The van der Waals surface area contributed by atoms with Gasteiger partial charge in [-0.1, -0.05) is 6.07 Å². The first-order valence-corrected chi connectivity index (χ1v) is 14.0. The van der Waals surface area contributed by atoms with Gasteiger partial charge in [0.2, 0.25) is 5.88 Å². The van der Waals surface area contributed by atoms with Crippen LogP contribution >= 0.6 is 22.7 Å². The molecule has 8 nitrogen and oxygen atoms in total. The van der Waals surface area contributed by atoms with Gasteiger partial charge in [-0.3, -0.25) is 9.98 Å². The number of ether oxygens (including phenoxy) is 1. The van der Waals surface area contributed by atoms with Crippen LogP contribution in [0, 0.1) is 0 Å². The van der Waals surface area contributed by atoms with E-state index in [0.717, 1.165) is 48.4 Å². The fourth-order valence-corrected chi connectivity index (χ4v) is 7.69. The molecule has 0 saturated heterocycles. The monoisotopic (exact) mass is 541 g/mol. The van der Waals surface area contributed by atoms with Gasteiger partial charge in [0.25, 0.3) is 0 Å². The molecule has 184 valence electrons. The Labute approximate surface area is 228 Å². The molecule has 2 aliphatic rings. The Morgan fingerprint density at radius 2 is 1.77 bits per heavy atom. The van der Waals surface area contributed by atoms with Gasteiger partial charge in [-0.05, 0) is 35.9 Å². The third kappa shape index (κ3) is 3.06. The van der Waals surface area contributed by atoms with Crippen LogP contribution in [0.5, 0.6) is 5.88 Å². The van der Waals surface area contributed by atoms with E-state index in [1.165, 1.54) is 20.2 Å². The minimum atomic E-state index is -0.248. The molecule has 1 aromatic carbocycles. The lowest BCUT2D eigenvalue weighted by Gasteiger charge is -2.22. The number of aliphatic imine (C=N–C) groups is 1. The molecule has 0 fully saturated rings. The van der Waals surface area contributed by atoms with Crippen molar-refractivity contribution >= 4 is 75.1 Å². The maximum absolute atomic E-state index is 6.44. The number of aromatic nitrogens is 6. The summed E-state index contributed by atoms with van der Waals surface area (Å²) in [5.74, 6) is 0.611. The van der Waals surface area contributed by atoms with E-state index in [1.807, 2.05) is 24.8 Å². The molecule has 0 bridgehead atoms. The van der Waals surface area contributed by atoms with Crippen LogP contribution in [0.1, 0.15) is 17.2 Å². The van der Waals surface area contributed by atoms with Crippen LogP contribution in [-0.4, -0.2) is 42.2 Å². The summed E-state index contributed by atoms with van der Waals surface area (Å²) in [6, 6.07) is 10.6. The Morgan fingerprint density at radius 1 is 0.769 bits per heavy atom. The highest BCUT2D eigenvalue weighted by atomic mass is 32.1. The van der Waals surface area contributed by atoms with Crippen molar-refractivity contribution in [1.29, 1.82) is 0 Å². The standard InChI is InChI=1S/C29H15N7OS2/c1-2-21-18(17-3-5-30-11-22(17)38-21)7-14(1)16-4-6-32-24-19-8-15(9-33-28(19)37-26(16)24)23-27-25(35-13-34-23)20-10-31-12-36-29(20)39-27/h1-13,24,26H.